The Morgan fingerprint density at radius 2 is 1.52 bits per heavy atom. The molecule has 0 bridgehead atoms. The second kappa shape index (κ2) is 10.2. The maximum Gasteiger partial charge on any atom is 0.260 e. The summed E-state index contributed by atoms with van der Waals surface area (Å²) in [5.41, 5.74) is 0.553. The lowest BCUT2D eigenvalue weighted by atomic mass is 10.2. The summed E-state index contributed by atoms with van der Waals surface area (Å²) < 4.78 is 24.9. The smallest absolute Gasteiger partial charge is 0.260 e. The van der Waals surface area contributed by atoms with Crippen LogP contribution >= 0.6 is 12.2 Å². The molecule has 0 radical (unpaired) electrons. The molecule has 3 rings (SSSR count). The van der Waals surface area contributed by atoms with Gasteiger partial charge in [-0.05, 0) is 48.6 Å². The summed E-state index contributed by atoms with van der Waals surface area (Å²) in [6, 6.07) is 22.3. The first-order chi connectivity index (χ1) is 14.1. The Morgan fingerprint density at radius 1 is 0.862 bits per heavy atom. The van der Waals surface area contributed by atoms with Crippen molar-refractivity contribution in [2.45, 2.75) is 0 Å². The number of amides is 1. The number of benzene rings is 3. The molecule has 0 aliphatic heterocycles. The summed E-state index contributed by atoms with van der Waals surface area (Å²) in [5, 5.41) is 5.40. The van der Waals surface area contributed by atoms with Crippen molar-refractivity contribution in [2.75, 3.05) is 18.5 Å². The van der Waals surface area contributed by atoms with Gasteiger partial charge in [0.05, 0.1) is 5.56 Å². The minimum absolute atomic E-state index is 0.0582. The minimum Gasteiger partial charge on any atom is -0.490 e. The van der Waals surface area contributed by atoms with Gasteiger partial charge in [-0.3, -0.25) is 10.1 Å². The summed E-state index contributed by atoms with van der Waals surface area (Å²) in [4.78, 5) is 12.1. The Hall–Kier alpha value is -3.45. The van der Waals surface area contributed by atoms with Crippen molar-refractivity contribution in [3.8, 4) is 11.5 Å². The van der Waals surface area contributed by atoms with Crippen LogP contribution in [-0.4, -0.2) is 24.2 Å². The van der Waals surface area contributed by atoms with Crippen LogP contribution in [0.4, 0.5) is 10.1 Å². The molecule has 0 spiro atoms. The van der Waals surface area contributed by atoms with Gasteiger partial charge in [0.25, 0.3) is 5.91 Å². The van der Waals surface area contributed by atoms with E-state index in [1.54, 1.807) is 30.3 Å². The molecule has 0 unspecified atom stereocenters. The molecule has 0 saturated heterocycles. The highest BCUT2D eigenvalue weighted by molar-refractivity contribution is 7.80. The predicted octanol–water partition coefficient (Wildman–Crippen LogP) is 4.41. The molecule has 3 aromatic carbocycles. The first-order valence-corrected chi connectivity index (χ1v) is 9.30. The molecule has 2 N–H and O–H groups in total. The molecule has 7 heteroatoms. The fourth-order valence-electron chi connectivity index (χ4n) is 2.48. The number of para-hydroxylation sites is 1. The van der Waals surface area contributed by atoms with Crippen molar-refractivity contribution in [2.24, 2.45) is 0 Å². The van der Waals surface area contributed by atoms with E-state index in [0.29, 0.717) is 24.7 Å². The van der Waals surface area contributed by atoms with E-state index in [4.69, 9.17) is 21.7 Å². The number of thiocarbonyl (C=S) groups is 1. The van der Waals surface area contributed by atoms with Gasteiger partial charge in [-0.2, -0.15) is 0 Å². The third kappa shape index (κ3) is 6.29. The zero-order valence-corrected chi connectivity index (χ0v) is 16.2. The molecule has 0 saturated carbocycles. The van der Waals surface area contributed by atoms with Gasteiger partial charge in [-0.15, -0.1) is 0 Å². The predicted molar refractivity (Wildman–Crippen MR) is 114 cm³/mol. The van der Waals surface area contributed by atoms with Gasteiger partial charge in [0.15, 0.2) is 5.11 Å². The molecule has 0 heterocycles. The monoisotopic (exact) mass is 410 g/mol. The summed E-state index contributed by atoms with van der Waals surface area (Å²) >= 11 is 5.13. The lowest BCUT2D eigenvalue weighted by molar-refractivity contribution is 0.0974. The Bertz CT molecular complexity index is 983. The minimum atomic E-state index is -0.619. The summed E-state index contributed by atoms with van der Waals surface area (Å²) in [6.07, 6.45) is 0. The van der Waals surface area contributed by atoms with Gasteiger partial charge in [0, 0.05) is 11.8 Å². The number of carbonyl (C=O) groups is 1. The lowest BCUT2D eigenvalue weighted by Gasteiger charge is -2.12. The number of hydrogen-bond donors (Lipinski definition) is 2. The molecule has 5 nitrogen and oxygen atoms in total. The lowest BCUT2D eigenvalue weighted by Crippen LogP contribution is -2.34. The van der Waals surface area contributed by atoms with E-state index < -0.39 is 11.7 Å². The number of halogens is 1. The number of ether oxygens (including phenoxy) is 2. The van der Waals surface area contributed by atoms with Gasteiger partial charge in [0.1, 0.15) is 30.5 Å². The van der Waals surface area contributed by atoms with E-state index in [0.717, 1.165) is 5.75 Å². The molecule has 0 atom stereocenters. The summed E-state index contributed by atoms with van der Waals surface area (Å²) in [6.45, 7) is 0.769. The highest BCUT2D eigenvalue weighted by atomic mass is 32.1. The average molecular weight is 410 g/mol. The van der Waals surface area contributed by atoms with E-state index in [-0.39, 0.29) is 10.7 Å². The van der Waals surface area contributed by atoms with Crippen LogP contribution in [0.25, 0.3) is 0 Å². The van der Waals surface area contributed by atoms with Crippen molar-refractivity contribution < 1.29 is 18.7 Å². The van der Waals surface area contributed by atoms with E-state index in [2.05, 4.69) is 10.6 Å². The number of rotatable bonds is 7. The van der Waals surface area contributed by atoms with Crippen LogP contribution in [0.5, 0.6) is 11.5 Å². The van der Waals surface area contributed by atoms with Crippen molar-refractivity contribution in [1.29, 1.82) is 0 Å². The second-order valence-electron chi connectivity index (χ2n) is 5.93. The molecule has 148 valence electrons. The van der Waals surface area contributed by atoms with Crippen molar-refractivity contribution in [1.82, 2.24) is 5.32 Å². The van der Waals surface area contributed by atoms with Crippen LogP contribution in [0.1, 0.15) is 10.4 Å². The Morgan fingerprint density at radius 3 is 2.28 bits per heavy atom. The Labute approximate surface area is 173 Å². The van der Waals surface area contributed by atoms with Crippen LogP contribution in [0, 0.1) is 5.82 Å². The first-order valence-electron chi connectivity index (χ1n) is 8.89. The Balaban J connectivity index is 1.48. The van der Waals surface area contributed by atoms with Crippen LogP contribution in [-0.2, 0) is 0 Å². The van der Waals surface area contributed by atoms with Gasteiger partial charge in [-0.25, -0.2) is 4.39 Å². The molecule has 29 heavy (non-hydrogen) atoms. The van der Waals surface area contributed by atoms with E-state index in [9.17, 15) is 9.18 Å². The highest BCUT2D eigenvalue weighted by Gasteiger charge is 2.12. The Kier molecular flexibility index (Phi) is 7.13. The van der Waals surface area contributed by atoms with Gasteiger partial charge >= 0.3 is 0 Å². The van der Waals surface area contributed by atoms with Crippen molar-refractivity contribution in [3.63, 3.8) is 0 Å². The third-order valence-electron chi connectivity index (χ3n) is 3.80. The quantitative estimate of drug-likeness (QED) is 0.446. The van der Waals surface area contributed by atoms with Gasteiger partial charge < -0.3 is 14.8 Å². The molecule has 0 aromatic heterocycles. The van der Waals surface area contributed by atoms with Crippen LogP contribution in [0.15, 0.2) is 78.9 Å². The molecule has 0 fully saturated rings. The van der Waals surface area contributed by atoms with Gasteiger partial charge in [-0.1, -0.05) is 36.4 Å². The third-order valence-corrected chi connectivity index (χ3v) is 4.01. The molecular formula is C22H19FN2O3S. The maximum absolute atomic E-state index is 13.7. The maximum atomic E-state index is 13.7. The SMILES string of the molecule is O=C(NC(=S)Nc1cccc(OCCOc2ccccc2)c1)c1ccccc1F. The van der Waals surface area contributed by atoms with Gasteiger partial charge in [0.2, 0.25) is 0 Å². The van der Waals surface area contributed by atoms with Crippen LogP contribution in [0.2, 0.25) is 0 Å². The number of carbonyl (C=O) groups excluding carboxylic acids is 1. The highest BCUT2D eigenvalue weighted by Crippen LogP contribution is 2.17. The molecule has 1 amide bonds. The zero-order valence-electron chi connectivity index (χ0n) is 15.4. The zero-order chi connectivity index (χ0) is 20.5. The van der Waals surface area contributed by atoms with Crippen molar-refractivity contribution in [3.05, 3.63) is 90.2 Å². The average Bonchev–Trinajstić information content (AvgIpc) is 2.72. The second-order valence-corrected chi connectivity index (χ2v) is 6.33. The van der Waals surface area contributed by atoms with E-state index in [1.807, 2.05) is 30.3 Å². The summed E-state index contributed by atoms with van der Waals surface area (Å²) in [5.74, 6) is 0.171. The molecule has 0 aliphatic carbocycles. The summed E-state index contributed by atoms with van der Waals surface area (Å²) in [7, 11) is 0. The standard InChI is InChI=1S/C22H19FN2O3S/c23-20-12-5-4-11-19(20)21(26)25-22(29)24-16-7-6-10-18(15-16)28-14-13-27-17-8-2-1-3-9-17/h1-12,15H,13-14H2,(H2,24,25,26,29). The number of hydrogen-bond acceptors (Lipinski definition) is 4. The molecular weight excluding hydrogens is 391 g/mol. The van der Waals surface area contributed by atoms with Crippen LogP contribution < -0.4 is 20.1 Å². The molecule has 0 aliphatic rings. The fraction of sp³-hybridized carbons (Fsp3) is 0.0909. The number of nitrogens with one attached hydrogen (secondary N) is 2. The topological polar surface area (TPSA) is 59.6 Å². The first kappa shape index (κ1) is 20.3. The fourth-order valence-corrected chi connectivity index (χ4v) is 2.69. The normalized spacial score (nSPS) is 10.1. The van der Waals surface area contributed by atoms with Crippen LogP contribution in [0.3, 0.4) is 0 Å². The van der Waals surface area contributed by atoms with E-state index in [1.165, 1.54) is 18.2 Å². The number of anilines is 1. The van der Waals surface area contributed by atoms with E-state index >= 15 is 0 Å². The van der Waals surface area contributed by atoms with Crippen molar-refractivity contribution >= 4 is 28.9 Å². The largest absolute Gasteiger partial charge is 0.490 e. The molecule has 3 aromatic rings.